The average Bonchev–Trinajstić information content (AvgIpc) is 2.96. The van der Waals surface area contributed by atoms with Crippen LogP contribution in [-0.4, -0.2) is 28.0 Å². The highest BCUT2D eigenvalue weighted by Crippen LogP contribution is 2.34. The predicted molar refractivity (Wildman–Crippen MR) is 95.8 cm³/mol. The summed E-state index contributed by atoms with van der Waals surface area (Å²) in [5.41, 5.74) is 1.40. The summed E-state index contributed by atoms with van der Waals surface area (Å²) < 4.78 is 7.52. The largest absolute Gasteiger partial charge is 0.377 e. The average molecular weight is 351 g/mol. The van der Waals surface area contributed by atoms with Crippen LogP contribution < -0.4 is 5.56 Å². The topological polar surface area (TPSA) is 44.1 Å². The third-order valence-electron chi connectivity index (χ3n) is 4.83. The Kier molecular flexibility index (Phi) is 4.48. The van der Waals surface area contributed by atoms with Crippen molar-refractivity contribution in [1.29, 1.82) is 0 Å². The molecule has 2 aromatic heterocycles. The summed E-state index contributed by atoms with van der Waals surface area (Å²) in [4.78, 5) is 20.0. The van der Waals surface area contributed by atoms with E-state index in [1.165, 1.54) is 36.1 Å². The fourth-order valence-corrected chi connectivity index (χ4v) is 5.84. The number of ether oxygens (including phenoxy) is 1. The van der Waals surface area contributed by atoms with Crippen LogP contribution >= 0.6 is 23.1 Å². The first-order valence-electron chi connectivity index (χ1n) is 8.49. The van der Waals surface area contributed by atoms with Gasteiger partial charge in [-0.25, -0.2) is 4.98 Å². The normalized spacial score (nSPS) is 21.5. The smallest absolute Gasteiger partial charge is 0.262 e. The molecule has 0 unspecified atom stereocenters. The van der Waals surface area contributed by atoms with E-state index in [4.69, 9.17) is 9.72 Å². The van der Waals surface area contributed by atoms with E-state index in [1.54, 1.807) is 27.7 Å². The predicted octanol–water partition coefficient (Wildman–Crippen LogP) is 3.54. The lowest BCUT2D eigenvalue weighted by Crippen LogP contribution is -2.24. The summed E-state index contributed by atoms with van der Waals surface area (Å²) in [6.45, 7) is 0.869. The first-order chi connectivity index (χ1) is 11.2. The Morgan fingerprint density at radius 3 is 3.00 bits per heavy atom. The molecule has 2 aromatic rings. The number of hydrogen-bond donors (Lipinski definition) is 0. The quantitative estimate of drug-likeness (QED) is 0.627. The third-order valence-corrected chi connectivity index (χ3v) is 7.18. The van der Waals surface area contributed by atoms with Crippen molar-refractivity contribution in [2.45, 2.75) is 56.2 Å². The number of aromatic nitrogens is 2. The van der Waals surface area contributed by atoms with Gasteiger partial charge in [0.05, 0.1) is 11.5 Å². The van der Waals surface area contributed by atoms with Gasteiger partial charge in [0.1, 0.15) is 4.83 Å². The van der Waals surface area contributed by atoms with E-state index in [-0.39, 0.29) is 5.56 Å². The second-order valence-corrected chi connectivity index (χ2v) is 8.52. The molecular weight excluding hydrogens is 328 g/mol. The Hall–Kier alpha value is -0.850. The van der Waals surface area contributed by atoms with Crippen LogP contribution in [0.1, 0.15) is 42.5 Å². The van der Waals surface area contributed by atoms with Crippen molar-refractivity contribution < 1.29 is 4.74 Å². The van der Waals surface area contributed by atoms with Crippen LogP contribution in [0.15, 0.2) is 9.95 Å². The highest BCUT2D eigenvalue weighted by Gasteiger charge is 2.22. The summed E-state index contributed by atoms with van der Waals surface area (Å²) in [6, 6.07) is 0. The highest BCUT2D eigenvalue weighted by molar-refractivity contribution is 7.99. The van der Waals surface area contributed by atoms with Crippen LogP contribution in [0.25, 0.3) is 10.2 Å². The minimum atomic E-state index is 0.126. The molecule has 2 aliphatic rings. The van der Waals surface area contributed by atoms with Gasteiger partial charge in [-0.05, 0) is 50.5 Å². The van der Waals surface area contributed by atoms with Gasteiger partial charge in [0, 0.05) is 24.3 Å². The van der Waals surface area contributed by atoms with Gasteiger partial charge < -0.3 is 4.74 Å². The van der Waals surface area contributed by atoms with Gasteiger partial charge in [0.25, 0.3) is 5.56 Å². The summed E-state index contributed by atoms with van der Waals surface area (Å²) in [7, 11) is 1.85. The maximum Gasteiger partial charge on any atom is 0.262 e. The first-order valence-corrected chi connectivity index (χ1v) is 10.3. The van der Waals surface area contributed by atoms with Gasteiger partial charge in [-0.3, -0.25) is 9.36 Å². The Balaban J connectivity index is 1.65. The van der Waals surface area contributed by atoms with Crippen LogP contribution in [-0.2, 0) is 24.6 Å². The molecule has 4 rings (SSSR count). The molecule has 0 spiro atoms. The van der Waals surface area contributed by atoms with E-state index in [2.05, 4.69) is 0 Å². The molecule has 0 amide bonds. The van der Waals surface area contributed by atoms with Gasteiger partial charge in [-0.2, -0.15) is 0 Å². The number of hydrogen-bond acceptors (Lipinski definition) is 5. The number of fused-ring (bicyclic) bond motifs is 3. The molecule has 0 aromatic carbocycles. The maximum absolute atomic E-state index is 12.8. The van der Waals surface area contributed by atoms with E-state index >= 15 is 0 Å². The number of rotatable bonds is 3. The van der Waals surface area contributed by atoms with Crippen molar-refractivity contribution in [3.63, 3.8) is 0 Å². The first kappa shape index (κ1) is 15.7. The van der Waals surface area contributed by atoms with Crippen molar-refractivity contribution in [2.75, 3.05) is 12.4 Å². The molecule has 0 radical (unpaired) electrons. The number of thiophene rings is 1. The number of aryl methyl sites for hydroxylation is 2. The van der Waals surface area contributed by atoms with Gasteiger partial charge >= 0.3 is 0 Å². The van der Waals surface area contributed by atoms with Crippen molar-refractivity contribution in [1.82, 2.24) is 9.55 Å². The molecule has 23 heavy (non-hydrogen) atoms. The lowest BCUT2D eigenvalue weighted by molar-refractivity contribution is 0.0315. The van der Waals surface area contributed by atoms with E-state index in [1.807, 2.05) is 7.05 Å². The Labute approximate surface area is 144 Å². The molecule has 0 saturated carbocycles. The second-order valence-electron chi connectivity index (χ2n) is 6.45. The minimum absolute atomic E-state index is 0.126. The molecule has 1 aliphatic carbocycles. The lowest BCUT2D eigenvalue weighted by Gasteiger charge is -2.22. The standard InChI is InChI=1S/C17H22N2O2S2/c1-19-16(20)14-12-7-2-3-8-13(12)23-15(14)18-17(19)22-10-11-6-4-5-9-21-11/h11H,2-10H2,1H3/t11-/m1/s1. The Morgan fingerprint density at radius 1 is 1.30 bits per heavy atom. The minimum Gasteiger partial charge on any atom is -0.377 e. The molecule has 1 aliphatic heterocycles. The lowest BCUT2D eigenvalue weighted by atomic mass is 9.97. The van der Waals surface area contributed by atoms with Crippen LogP contribution in [0.4, 0.5) is 0 Å². The highest BCUT2D eigenvalue weighted by atomic mass is 32.2. The zero-order chi connectivity index (χ0) is 15.8. The van der Waals surface area contributed by atoms with Gasteiger partial charge in [0.2, 0.25) is 0 Å². The second kappa shape index (κ2) is 6.57. The zero-order valence-corrected chi connectivity index (χ0v) is 15.1. The van der Waals surface area contributed by atoms with Crippen LogP contribution in [0, 0.1) is 0 Å². The van der Waals surface area contributed by atoms with Gasteiger partial charge in [-0.1, -0.05) is 11.8 Å². The summed E-state index contributed by atoms with van der Waals surface area (Å²) >= 11 is 3.39. The molecular formula is C17H22N2O2S2. The Morgan fingerprint density at radius 2 is 2.17 bits per heavy atom. The van der Waals surface area contributed by atoms with Crippen LogP contribution in [0.5, 0.6) is 0 Å². The van der Waals surface area contributed by atoms with Crippen LogP contribution in [0.2, 0.25) is 0 Å². The SMILES string of the molecule is Cn1c(SC[C@H]2CCCCO2)nc2sc3c(c2c1=O)CCCC3. The maximum atomic E-state index is 12.8. The molecule has 6 heteroatoms. The summed E-state index contributed by atoms with van der Waals surface area (Å²) in [5.74, 6) is 0.886. The summed E-state index contributed by atoms with van der Waals surface area (Å²) in [6.07, 6.45) is 8.41. The van der Waals surface area contributed by atoms with E-state index in [0.29, 0.717) is 6.10 Å². The van der Waals surface area contributed by atoms with Crippen molar-refractivity contribution in [2.24, 2.45) is 7.05 Å². The molecule has 1 fully saturated rings. The molecule has 0 N–H and O–H groups in total. The molecule has 4 nitrogen and oxygen atoms in total. The Bertz CT molecular complexity index is 775. The van der Waals surface area contributed by atoms with E-state index < -0.39 is 0 Å². The fourth-order valence-electron chi connectivity index (χ4n) is 3.50. The third kappa shape index (κ3) is 2.96. The summed E-state index contributed by atoms with van der Waals surface area (Å²) in [5, 5.41) is 1.71. The number of nitrogens with zero attached hydrogens (tertiary/aromatic N) is 2. The molecule has 124 valence electrons. The molecule has 0 bridgehead atoms. The van der Waals surface area contributed by atoms with Crippen molar-refractivity contribution in [3.05, 3.63) is 20.8 Å². The van der Waals surface area contributed by atoms with Crippen molar-refractivity contribution in [3.8, 4) is 0 Å². The zero-order valence-electron chi connectivity index (χ0n) is 13.5. The molecule has 1 atom stereocenters. The fraction of sp³-hybridized carbons (Fsp3) is 0.647. The number of thioether (sulfide) groups is 1. The monoisotopic (exact) mass is 350 g/mol. The van der Waals surface area contributed by atoms with Crippen LogP contribution in [0.3, 0.4) is 0 Å². The van der Waals surface area contributed by atoms with Gasteiger partial charge in [-0.15, -0.1) is 11.3 Å². The van der Waals surface area contributed by atoms with E-state index in [9.17, 15) is 4.79 Å². The molecule has 1 saturated heterocycles. The molecule has 3 heterocycles. The van der Waals surface area contributed by atoms with E-state index in [0.717, 1.165) is 47.0 Å². The van der Waals surface area contributed by atoms with Crippen molar-refractivity contribution >= 4 is 33.3 Å². The van der Waals surface area contributed by atoms with Gasteiger partial charge in [0.15, 0.2) is 5.16 Å².